The van der Waals surface area contributed by atoms with Crippen molar-refractivity contribution in [1.29, 1.82) is 0 Å². The Labute approximate surface area is 121 Å². The van der Waals surface area contributed by atoms with E-state index < -0.39 is 38.7 Å². The molecule has 0 aromatic heterocycles. The average Bonchev–Trinajstić information content (AvgIpc) is 2.73. The predicted octanol–water partition coefficient (Wildman–Crippen LogP) is -1.58. The third kappa shape index (κ3) is 3.70. The summed E-state index contributed by atoms with van der Waals surface area (Å²) in [6.45, 7) is -0.326. The van der Waals surface area contributed by atoms with Crippen molar-refractivity contribution in [2.75, 3.05) is 6.61 Å². The summed E-state index contributed by atoms with van der Waals surface area (Å²) >= 11 is 0. The number of carbonyl (C=O) groups excluding carboxylic acids is 1. The molecule has 2 rings (SSSR count). The lowest BCUT2D eigenvalue weighted by Gasteiger charge is -2.28. The molecule has 9 nitrogen and oxygen atoms in total. The van der Waals surface area contributed by atoms with E-state index in [1.165, 1.54) is 11.1 Å². The van der Waals surface area contributed by atoms with Gasteiger partial charge < -0.3 is 35.0 Å². The molecule has 0 bridgehead atoms. The molecule has 1 amide bonds. The van der Waals surface area contributed by atoms with Crippen molar-refractivity contribution >= 4 is 14.2 Å². The van der Waals surface area contributed by atoms with Crippen LogP contribution in [0.3, 0.4) is 0 Å². The van der Waals surface area contributed by atoms with Crippen LogP contribution in [0.15, 0.2) is 24.0 Å². The lowest BCUT2D eigenvalue weighted by molar-refractivity contribution is -0.114. The SMILES string of the molecule is NC(=O)C1=CN([C@@H]2O[C@H](CO[PH](=O)O)C(O)C2O)C=CC1. The summed E-state index contributed by atoms with van der Waals surface area (Å²) in [7, 11) is -3.15. The normalized spacial score (nSPS) is 33.9. The van der Waals surface area contributed by atoms with Gasteiger partial charge in [0.25, 0.3) is 0 Å². The number of nitrogens with zero attached hydrogens (tertiary/aromatic N) is 1. The minimum atomic E-state index is -3.15. The van der Waals surface area contributed by atoms with Crippen LogP contribution in [-0.2, 0) is 18.6 Å². The van der Waals surface area contributed by atoms with Gasteiger partial charge in [-0.15, -0.1) is 0 Å². The number of hydrogen-bond donors (Lipinski definition) is 4. The summed E-state index contributed by atoms with van der Waals surface area (Å²) in [5.41, 5.74) is 5.53. The number of ether oxygens (including phenoxy) is 1. The van der Waals surface area contributed by atoms with Crippen LogP contribution < -0.4 is 5.73 Å². The Hall–Kier alpha value is -1.22. The largest absolute Gasteiger partial charge is 0.387 e. The number of aliphatic hydroxyl groups excluding tert-OH is 2. The molecule has 2 heterocycles. The molecular weight excluding hydrogens is 303 g/mol. The fraction of sp³-hybridized carbons (Fsp3) is 0.545. The highest BCUT2D eigenvalue weighted by Gasteiger charge is 2.45. The van der Waals surface area contributed by atoms with Gasteiger partial charge in [0.05, 0.1) is 6.61 Å². The Morgan fingerprint density at radius 1 is 1.52 bits per heavy atom. The standard InChI is InChI=1S/C11H17N2O7P/c12-10(16)6-2-1-3-13(4-6)11-9(15)8(14)7(20-11)5-19-21(17)18/h1,3-4,7-9,11,14-15,21H,2,5H2,(H2,12,16)(H,17,18)/t7-,8?,9?,11-/m1/s1. The number of aliphatic hydroxyl groups is 2. The van der Waals surface area contributed by atoms with E-state index in [0.717, 1.165) is 0 Å². The first-order valence-corrected chi connectivity index (χ1v) is 7.48. The van der Waals surface area contributed by atoms with Crippen LogP contribution in [0.25, 0.3) is 0 Å². The summed E-state index contributed by atoms with van der Waals surface area (Å²) < 4.78 is 20.5. The van der Waals surface area contributed by atoms with E-state index in [1.807, 2.05) is 0 Å². The molecular formula is C11H17N2O7P. The first-order chi connectivity index (χ1) is 9.90. The van der Waals surface area contributed by atoms with E-state index in [0.29, 0.717) is 12.0 Å². The Balaban J connectivity index is 2.06. The molecule has 0 spiro atoms. The summed E-state index contributed by atoms with van der Waals surface area (Å²) in [5.74, 6) is -0.587. The molecule has 0 saturated carbocycles. The van der Waals surface area contributed by atoms with Crippen molar-refractivity contribution in [1.82, 2.24) is 4.90 Å². The van der Waals surface area contributed by atoms with Crippen LogP contribution >= 0.6 is 8.25 Å². The highest BCUT2D eigenvalue weighted by Crippen LogP contribution is 2.29. The van der Waals surface area contributed by atoms with Crippen LogP contribution in [0, 0.1) is 0 Å². The summed E-state index contributed by atoms with van der Waals surface area (Å²) in [6.07, 6.45) is 0.610. The van der Waals surface area contributed by atoms with Crippen LogP contribution in [-0.4, -0.2) is 57.1 Å². The van der Waals surface area contributed by atoms with Crippen molar-refractivity contribution in [3.63, 3.8) is 0 Å². The second-order valence-electron chi connectivity index (χ2n) is 4.68. The maximum Gasteiger partial charge on any atom is 0.316 e. The van der Waals surface area contributed by atoms with Gasteiger partial charge in [0.1, 0.15) is 18.3 Å². The van der Waals surface area contributed by atoms with Gasteiger partial charge in [-0.2, -0.15) is 0 Å². The molecule has 21 heavy (non-hydrogen) atoms. The smallest absolute Gasteiger partial charge is 0.316 e. The van der Waals surface area contributed by atoms with E-state index in [1.54, 1.807) is 12.3 Å². The molecule has 0 aromatic rings. The lowest BCUT2D eigenvalue weighted by atomic mass is 10.1. The van der Waals surface area contributed by atoms with Crippen LogP contribution in [0.2, 0.25) is 0 Å². The van der Waals surface area contributed by atoms with Crippen molar-refractivity contribution in [2.24, 2.45) is 5.73 Å². The minimum absolute atomic E-state index is 0.326. The van der Waals surface area contributed by atoms with Crippen molar-refractivity contribution < 1.29 is 33.7 Å². The van der Waals surface area contributed by atoms with Gasteiger partial charge in [-0.1, -0.05) is 6.08 Å². The fourth-order valence-corrected chi connectivity index (χ4v) is 2.47. The van der Waals surface area contributed by atoms with Crippen LogP contribution in [0.4, 0.5) is 0 Å². The van der Waals surface area contributed by atoms with Gasteiger partial charge in [-0.05, 0) is 6.42 Å². The van der Waals surface area contributed by atoms with E-state index >= 15 is 0 Å². The van der Waals surface area contributed by atoms with Gasteiger partial charge in [0.2, 0.25) is 5.91 Å². The number of primary amides is 1. The zero-order chi connectivity index (χ0) is 15.6. The number of hydrogen-bond acceptors (Lipinski definition) is 7. The molecule has 0 aromatic carbocycles. The third-order valence-electron chi connectivity index (χ3n) is 3.24. The minimum Gasteiger partial charge on any atom is -0.387 e. The fourth-order valence-electron chi connectivity index (χ4n) is 2.17. The summed E-state index contributed by atoms with van der Waals surface area (Å²) in [6, 6.07) is 0. The molecule has 2 aliphatic rings. The van der Waals surface area contributed by atoms with Gasteiger partial charge in [-0.3, -0.25) is 9.36 Å². The number of allylic oxidation sites excluding steroid dienone is 1. The Bertz CT molecular complexity index is 495. The maximum absolute atomic E-state index is 11.2. The number of carbonyl (C=O) groups is 1. The second-order valence-corrected chi connectivity index (χ2v) is 5.50. The van der Waals surface area contributed by atoms with Crippen LogP contribution in [0.1, 0.15) is 6.42 Å². The topological polar surface area (TPSA) is 143 Å². The lowest BCUT2D eigenvalue weighted by Crippen LogP contribution is -2.40. The molecule has 0 aliphatic carbocycles. The van der Waals surface area contributed by atoms with Crippen LogP contribution in [0.5, 0.6) is 0 Å². The molecule has 1 saturated heterocycles. The zero-order valence-corrected chi connectivity index (χ0v) is 12.0. The first-order valence-electron chi connectivity index (χ1n) is 6.22. The second kappa shape index (κ2) is 6.69. The van der Waals surface area contributed by atoms with Gasteiger partial charge in [-0.25, -0.2) is 0 Å². The Kier molecular flexibility index (Phi) is 5.15. The molecule has 10 heteroatoms. The first kappa shape index (κ1) is 16.2. The maximum atomic E-state index is 11.2. The number of nitrogens with two attached hydrogens (primary N) is 1. The molecule has 118 valence electrons. The molecule has 5 atom stereocenters. The third-order valence-corrected chi connectivity index (χ3v) is 3.65. The Morgan fingerprint density at radius 3 is 2.86 bits per heavy atom. The highest BCUT2D eigenvalue weighted by molar-refractivity contribution is 7.32. The quantitative estimate of drug-likeness (QED) is 0.445. The van der Waals surface area contributed by atoms with E-state index in [2.05, 4.69) is 4.52 Å². The van der Waals surface area contributed by atoms with E-state index in [-0.39, 0.29) is 6.61 Å². The van der Waals surface area contributed by atoms with Crippen molar-refractivity contribution in [2.45, 2.75) is 31.0 Å². The van der Waals surface area contributed by atoms with E-state index in [9.17, 15) is 19.6 Å². The zero-order valence-electron chi connectivity index (χ0n) is 11.0. The monoisotopic (exact) mass is 320 g/mol. The number of rotatable bonds is 5. The molecule has 0 radical (unpaired) electrons. The molecule has 5 N–H and O–H groups in total. The van der Waals surface area contributed by atoms with Crippen molar-refractivity contribution in [3.05, 3.63) is 24.0 Å². The summed E-state index contributed by atoms with van der Waals surface area (Å²) in [5, 5.41) is 19.8. The number of amides is 1. The van der Waals surface area contributed by atoms with Crippen molar-refractivity contribution in [3.8, 4) is 0 Å². The van der Waals surface area contributed by atoms with Gasteiger partial charge in [0, 0.05) is 18.0 Å². The molecule has 2 aliphatic heterocycles. The van der Waals surface area contributed by atoms with Gasteiger partial charge >= 0.3 is 8.25 Å². The average molecular weight is 320 g/mol. The summed E-state index contributed by atoms with van der Waals surface area (Å²) in [4.78, 5) is 21.2. The Morgan fingerprint density at radius 2 is 2.24 bits per heavy atom. The molecule has 1 fully saturated rings. The molecule has 3 unspecified atom stereocenters. The van der Waals surface area contributed by atoms with Gasteiger partial charge in [0.15, 0.2) is 6.23 Å². The predicted molar refractivity (Wildman–Crippen MR) is 70.7 cm³/mol. The highest BCUT2D eigenvalue weighted by atomic mass is 31.1. The van der Waals surface area contributed by atoms with E-state index in [4.69, 9.17) is 15.4 Å².